The first-order valence-corrected chi connectivity index (χ1v) is 6.72. The molecule has 0 heteroatoms. The van der Waals surface area contributed by atoms with Crippen LogP contribution in [0.2, 0.25) is 0 Å². The van der Waals surface area contributed by atoms with E-state index in [-0.39, 0.29) is 0 Å². The van der Waals surface area contributed by atoms with E-state index in [4.69, 9.17) is 0 Å². The highest BCUT2D eigenvalue weighted by Gasteiger charge is 2.47. The van der Waals surface area contributed by atoms with Gasteiger partial charge in [0.2, 0.25) is 0 Å². The van der Waals surface area contributed by atoms with E-state index in [1.54, 1.807) is 0 Å². The lowest BCUT2D eigenvalue weighted by Gasteiger charge is -2.49. The van der Waals surface area contributed by atoms with Crippen molar-refractivity contribution in [3.05, 3.63) is 0 Å². The van der Waals surface area contributed by atoms with Crippen LogP contribution >= 0.6 is 0 Å². The van der Waals surface area contributed by atoms with E-state index < -0.39 is 0 Å². The summed E-state index contributed by atoms with van der Waals surface area (Å²) in [7, 11) is 0. The maximum atomic E-state index is 2.60. The van der Waals surface area contributed by atoms with Crippen LogP contribution in [0.4, 0.5) is 0 Å². The van der Waals surface area contributed by atoms with Gasteiger partial charge < -0.3 is 0 Å². The topological polar surface area (TPSA) is 0 Å². The van der Waals surface area contributed by atoms with Gasteiger partial charge in [-0.05, 0) is 42.9 Å². The average molecular weight is 194 g/mol. The van der Waals surface area contributed by atoms with Crippen molar-refractivity contribution in [2.45, 2.75) is 78.1 Å². The SMILES string of the molecule is CCC1(C2(C)CCCCC2)CCCC1. The molecule has 82 valence electrons. The van der Waals surface area contributed by atoms with Crippen molar-refractivity contribution < 1.29 is 0 Å². The van der Waals surface area contributed by atoms with Crippen molar-refractivity contribution >= 4 is 0 Å². The first-order valence-electron chi connectivity index (χ1n) is 6.72. The van der Waals surface area contributed by atoms with Gasteiger partial charge in [-0.25, -0.2) is 0 Å². The second-order valence-corrected chi connectivity index (χ2v) is 5.96. The quantitative estimate of drug-likeness (QED) is 0.585. The zero-order chi connectivity index (χ0) is 10.1. The zero-order valence-corrected chi connectivity index (χ0v) is 10.1. The molecule has 0 unspecified atom stereocenters. The summed E-state index contributed by atoms with van der Waals surface area (Å²) >= 11 is 0. The molecule has 0 atom stereocenters. The molecule has 0 aromatic carbocycles. The van der Waals surface area contributed by atoms with Crippen LogP contribution in [0.25, 0.3) is 0 Å². The summed E-state index contributed by atoms with van der Waals surface area (Å²) in [6.45, 7) is 5.03. The van der Waals surface area contributed by atoms with Crippen LogP contribution in [0.5, 0.6) is 0 Å². The summed E-state index contributed by atoms with van der Waals surface area (Å²) in [6, 6.07) is 0. The van der Waals surface area contributed by atoms with Crippen LogP contribution in [0.15, 0.2) is 0 Å². The van der Waals surface area contributed by atoms with Gasteiger partial charge >= 0.3 is 0 Å². The molecule has 0 aromatic heterocycles. The molecule has 14 heavy (non-hydrogen) atoms. The maximum Gasteiger partial charge on any atom is -0.0246 e. The summed E-state index contributed by atoms with van der Waals surface area (Å²) < 4.78 is 0. The number of hydrogen-bond acceptors (Lipinski definition) is 0. The highest BCUT2D eigenvalue weighted by atomic mass is 14.5. The van der Waals surface area contributed by atoms with E-state index in [2.05, 4.69) is 13.8 Å². The van der Waals surface area contributed by atoms with Crippen molar-refractivity contribution in [1.82, 2.24) is 0 Å². The van der Waals surface area contributed by atoms with Crippen LogP contribution in [0.1, 0.15) is 78.1 Å². The Labute approximate surface area is 89.5 Å². The van der Waals surface area contributed by atoms with Crippen molar-refractivity contribution in [2.75, 3.05) is 0 Å². The molecule has 0 radical (unpaired) electrons. The summed E-state index contributed by atoms with van der Waals surface area (Å²) in [4.78, 5) is 0. The molecule has 0 aromatic rings. The van der Waals surface area contributed by atoms with Gasteiger partial charge in [-0.1, -0.05) is 46.0 Å². The Morgan fingerprint density at radius 1 is 0.786 bits per heavy atom. The summed E-state index contributed by atoms with van der Waals surface area (Å²) in [5.74, 6) is 0. The highest BCUT2D eigenvalue weighted by molar-refractivity contribution is 4.98. The smallest absolute Gasteiger partial charge is 0.0246 e. The van der Waals surface area contributed by atoms with Gasteiger partial charge in [0.25, 0.3) is 0 Å². The van der Waals surface area contributed by atoms with E-state index in [9.17, 15) is 0 Å². The molecule has 0 heterocycles. The van der Waals surface area contributed by atoms with Gasteiger partial charge in [0.15, 0.2) is 0 Å². The van der Waals surface area contributed by atoms with Crippen LogP contribution in [-0.2, 0) is 0 Å². The second kappa shape index (κ2) is 3.87. The fourth-order valence-corrected chi connectivity index (χ4v) is 4.30. The molecule has 0 spiro atoms. The normalized spacial score (nSPS) is 30.4. The highest BCUT2D eigenvalue weighted by Crippen LogP contribution is 2.59. The predicted molar refractivity (Wildman–Crippen MR) is 62.4 cm³/mol. The van der Waals surface area contributed by atoms with Crippen molar-refractivity contribution in [1.29, 1.82) is 0 Å². The molecule has 0 amide bonds. The third-order valence-corrected chi connectivity index (χ3v) is 5.47. The lowest BCUT2D eigenvalue weighted by atomic mass is 9.56. The van der Waals surface area contributed by atoms with Gasteiger partial charge in [0, 0.05) is 0 Å². The first kappa shape index (κ1) is 10.5. The van der Waals surface area contributed by atoms with Gasteiger partial charge in [0.1, 0.15) is 0 Å². The third kappa shape index (κ3) is 1.51. The molecule has 2 rings (SSSR count). The number of rotatable bonds is 2. The lowest BCUT2D eigenvalue weighted by molar-refractivity contribution is 0.0135. The minimum absolute atomic E-state index is 0.705. The van der Waals surface area contributed by atoms with Crippen molar-refractivity contribution in [3.63, 3.8) is 0 Å². The zero-order valence-electron chi connectivity index (χ0n) is 10.1. The Hall–Kier alpha value is 0. The second-order valence-electron chi connectivity index (χ2n) is 5.96. The van der Waals surface area contributed by atoms with Crippen LogP contribution in [-0.4, -0.2) is 0 Å². The Balaban J connectivity index is 2.15. The first-order chi connectivity index (χ1) is 6.72. The van der Waals surface area contributed by atoms with E-state index in [1.807, 2.05) is 0 Å². The fourth-order valence-electron chi connectivity index (χ4n) is 4.30. The Morgan fingerprint density at radius 2 is 1.29 bits per heavy atom. The van der Waals surface area contributed by atoms with Crippen LogP contribution in [0, 0.1) is 10.8 Å². The summed E-state index contributed by atoms with van der Waals surface area (Å²) in [6.07, 6.45) is 15.0. The van der Waals surface area contributed by atoms with Crippen LogP contribution < -0.4 is 0 Å². The molecule has 0 aliphatic heterocycles. The third-order valence-electron chi connectivity index (χ3n) is 5.47. The van der Waals surface area contributed by atoms with Crippen LogP contribution in [0.3, 0.4) is 0 Å². The molecule has 0 N–H and O–H groups in total. The fraction of sp³-hybridized carbons (Fsp3) is 1.00. The Bertz CT molecular complexity index is 180. The van der Waals surface area contributed by atoms with Gasteiger partial charge in [-0.15, -0.1) is 0 Å². The summed E-state index contributed by atoms with van der Waals surface area (Å²) in [5.41, 5.74) is 1.45. The lowest BCUT2D eigenvalue weighted by Crippen LogP contribution is -2.39. The van der Waals surface area contributed by atoms with E-state index >= 15 is 0 Å². The molecule has 2 aliphatic carbocycles. The largest absolute Gasteiger partial charge is 0.0648 e. The Morgan fingerprint density at radius 3 is 1.79 bits per heavy atom. The minimum Gasteiger partial charge on any atom is -0.0648 e. The molecular formula is C14H26. The average Bonchev–Trinajstić information content (AvgIpc) is 2.68. The van der Waals surface area contributed by atoms with Crippen molar-refractivity contribution in [3.8, 4) is 0 Å². The van der Waals surface area contributed by atoms with Gasteiger partial charge in [-0.3, -0.25) is 0 Å². The van der Waals surface area contributed by atoms with E-state index in [1.165, 1.54) is 64.2 Å². The van der Waals surface area contributed by atoms with Gasteiger partial charge in [-0.2, -0.15) is 0 Å². The maximum absolute atomic E-state index is 2.60. The monoisotopic (exact) mass is 194 g/mol. The minimum atomic E-state index is 0.705. The standard InChI is InChI=1S/C14H26/c1-3-14(11-7-8-12-14)13(2)9-5-4-6-10-13/h3-12H2,1-2H3. The van der Waals surface area contributed by atoms with E-state index in [0.717, 1.165) is 5.41 Å². The molecule has 2 saturated carbocycles. The summed E-state index contributed by atoms with van der Waals surface area (Å²) in [5, 5.41) is 0. The molecule has 2 fully saturated rings. The molecule has 2 aliphatic rings. The number of hydrogen-bond donors (Lipinski definition) is 0. The molecule has 0 nitrogen and oxygen atoms in total. The molecular weight excluding hydrogens is 168 g/mol. The van der Waals surface area contributed by atoms with E-state index in [0.29, 0.717) is 5.41 Å². The Kier molecular flexibility index (Phi) is 2.91. The van der Waals surface area contributed by atoms with Gasteiger partial charge in [0.05, 0.1) is 0 Å². The molecule has 0 saturated heterocycles. The molecule has 0 bridgehead atoms. The predicted octanol–water partition coefficient (Wildman–Crippen LogP) is 4.93. The van der Waals surface area contributed by atoms with Crippen molar-refractivity contribution in [2.24, 2.45) is 10.8 Å².